The van der Waals surface area contributed by atoms with Crippen LogP contribution in [0.2, 0.25) is 0 Å². The summed E-state index contributed by atoms with van der Waals surface area (Å²) in [6.07, 6.45) is 6.92. The summed E-state index contributed by atoms with van der Waals surface area (Å²) >= 11 is 0. The van der Waals surface area contributed by atoms with E-state index in [1.54, 1.807) is 0 Å². The van der Waals surface area contributed by atoms with Crippen LogP contribution in [0.5, 0.6) is 0 Å². The van der Waals surface area contributed by atoms with Crippen LogP contribution in [0.1, 0.15) is 25.7 Å². The quantitative estimate of drug-likeness (QED) is 0.467. The highest BCUT2D eigenvalue weighted by Crippen LogP contribution is 2.14. The lowest BCUT2D eigenvalue weighted by atomic mass is 10.2. The lowest BCUT2D eigenvalue weighted by Crippen LogP contribution is -2.24. The largest absolute Gasteiger partial charge is 0.380 e. The SMILES string of the molecule is C=CCCOCCNCCC1CCCO1. The van der Waals surface area contributed by atoms with Crippen LogP contribution in [0.25, 0.3) is 0 Å². The number of rotatable bonds is 9. The van der Waals surface area contributed by atoms with Gasteiger partial charge in [-0.25, -0.2) is 0 Å². The van der Waals surface area contributed by atoms with Crippen molar-refractivity contribution in [3.63, 3.8) is 0 Å². The van der Waals surface area contributed by atoms with Crippen LogP contribution >= 0.6 is 0 Å². The zero-order valence-corrected chi connectivity index (χ0v) is 9.54. The molecule has 1 fully saturated rings. The molecule has 1 aliphatic rings. The lowest BCUT2D eigenvalue weighted by Gasteiger charge is -2.09. The molecule has 1 N–H and O–H groups in total. The van der Waals surface area contributed by atoms with Gasteiger partial charge in [-0.15, -0.1) is 6.58 Å². The summed E-state index contributed by atoms with van der Waals surface area (Å²) in [4.78, 5) is 0. The Morgan fingerprint density at radius 2 is 2.33 bits per heavy atom. The fourth-order valence-corrected chi connectivity index (χ4v) is 1.67. The first kappa shape index (κ1) is 12.7. The van der Waals surface area contributed by atoms with Gasteiger partial charge in [-0.3, -0.25) is 0 Å². The van der Waals surface area contributed by atoms with Gasteiger partial charge in [0.1, 0.15) is 0 Å². The molecular formula is C12H23NO2. The van der Waals surface area contributed by atoms with E-state index in [-0.39, 0.29) is 0 Å². The van der Waals surface area contributed by atoms with Crippen molar-refractivity contribution in [2.75, 3.05) is 32.9 Å². The molecule has 1 unspecified atom stereocenters. The standard InChI is InChI=1S/C12H23NO2/c1-2-3-9-14-11-8-13-7-6-12-5-4-10-15-12/h2,12-13H,1,3-11H2. The molecule has 0 saturated carbocycles. The van der Waals surface area contributed by atoms with Crippen LogP contribution < -0.4 is 5.32 Å². The third-order valence-corrected chi connectivity index (χ3v) is 2.56. The maximum atomic E-state index is 5.53. The predicted octanol–water partition coefficient (Wildman–Crippen LogP) is 1.74. The molecule has 0 aromatic rings. The van der Waals surface area contributed by atoms with E-state index in [1.165, 1.54) is 12.8 Å². The van der Waals surface area contributed by atoms with Crippen LogP contribution in [-0.2, 0) is 9.47 Å². The van der Waals surface area contributed by atoms with E-state index in [2.05, 4.69) is 11.9 Å². The molecule has 0 amide bonds. The smallest absolute Gasteiger partial charge is 0.0591 e. The summed E-state index contributed by atoms with van der Waals surface area (Å²) in [7, 11) is 0. The molecule has 1 rings (SSSR count). The molecule has 0 aromatic heterocycles. The average Bonchev–Trinajstić information content (AvgIpc) is 2.75. The van der Waals surface area contributed by atoms with Gasteiger partial charge in [0.2, 0.25) is 0 Å². The fraction of sp³-hybridized carbons (Fsp3) is 0.833. The first-order valence-corrected chi connectivity index (χ1v) is 5.94. The highest BCUT2D eigenvalue weighted by atomic mass is 16.5. The summed E-state index contributed by atoms with van der Waals surface area (Å²) < 4.78 is 10.9. The van der Waals surface area contributed by atoms with E-state index in [9.17, 15) is 0 Å². The van der Waals surface area contributed by atoms with Gasteiger partial charge in [-0.05, 0) is 32.2 Å². The van der Waals surface area contributed by atoms with Crippen molar-refractivity contribution >= 4 is 0 Å². The first-order chi connectivity index (χ1) is 7.43. The fourth-order valence-electron chi connectivity index (χ4n) is 1.67. The molecule has 1 atom stereocenters. The average molecular weight is 213 g/mol. The number of ether oxygens (including phenoxy) is 2. The second kappa shape index (κ2) is 8.89. The van der Waals surface area contributed by atoms with Gasteiger partial charge in [-0.1, -0.05) is 6.08 Å². The lowest BCUT2D eigenvalue weighted by molar-refractivity contribution is 0.102. The summed E-state index contributed by atoms with van der Waals surface area (Å²) in [6, 6.07) is 0. The van der Waals surface area contributed by atoms with E-state index in [1.807, 2.05) is 6.08 Å². The number of nitrogens with one attached hydrogen (secondary N) is 1. The Labute approximate surface area is 92.8 Å². The molecule has 0 spiro atoms. The first-order valence-electron chi connectivity index (χ1n) is 5.94. The Morgan fingerprint density at radius 3 is 3.07 bits per heavy atom. The van der Waals surface area contributed by atoms with Crippen LogP contribution in [0, 0.1) is 0 Å². The molecule has 0 aliphatic carbocycles. The maximum absolute atomic E-state index is 5.53. The third-order valence-electron chi connectivity index (χ3n) is 2.56. The molecule has 3 heteroatoms. The maximum Gasteiger partial charge on any atom is 0.0591 e. The Bertz CT molecular complexity index is 156. The van der Waals surface area contributed by atoms with Crippen LogP contribution in [0.15, 0.2) is 12.7 Å². The van der Waals surface area contributed by atoms with E-state index in [0.717, 1.165) is 45.8 Å². The van der Waals surface area contributed by atoms with Gasteiger partial charge in [0, 0.05) is 13.2 Å². The van der Waals surface area contributed by atoms with Crippen molar-refractivity contribution in [2.45, 2.75) is 31.8 Å². The number of hydrogen-bond acceptors (Lipinski definition) is 3. The molecule has 0 aromatic carbocycles. The van der Waals surface area contributed by atoms with Crippen molar-refractivity contribution in [3.8, 4) is 0 Å². The molecule has 1 aliphatic heterocycles. The Hall–Kier alpha value is -0.380. The third kappa shape index (κ3) is 6.66. The minimum Gasteiger partial charge on any atom is -0.380 e. The Morgan fingerprint density at radius 1 is 1.40 bits per heavy atom. The normalized spacial score (nSPS) is 20.7. The second-order valence-corrected chi connectivity index (χ2v) is 3.86. The zero-order chi connectivity index (χ0) is 10.8. The van der Waals surface area contributed by atoms with Gasteiger partial charge in [0.15, 0.2) is 0 Å². The van der Waals surface area contributed by atoms with Gasteiger partial charge < -0.3 is 14.8 Å². The van der Waals surface area contributed by atoms with Crippen molar-refractivity contribution in [1.29, 1.82) is 0 Å². The molecule has 1 saturated heterocycles. The molecule has 15 heavy (non-hydrogen) atoms. The second-order valence-electron chi connectivity index (χ2n) is 3.86. The summed E-state index contributed by atoms with van der Waals surface area (Å²) in [5.41, 5.74) is 0. The van der Waals surface area contributed by atoms with E-state index >= 15 is 0 Å². The van der Waals surface area contributed by atoms with E-state index in [0.29, 0.717) is 6.10 Å². The van der Waals surface area contributed by atoms with Crippen molar-refractivity contribution in [2.24, 2.45) is 0 Å². The number of hydrogen-bond donors (Lipinski definition) is 1. The van der Waals surface area contributed by atoms with Crippen LogP contribution in [0.4, 0.5) is 0 Å². The minimum absolute atomic E-state index is 0.499. The minimum atomic E-state index is 0.499. The highest BCUT2D eigenvalue weighted by Gasteiger charge is 2.13. The van der Waals surface area contributed by atoms with Gasteiger partial charge in [-0.2, -0.15) is 0 Å². The van der Waals surface area contributed by atoms with Gasteiger partial charge in [0.25, 0.3) is 0 Å². The highest BCUT2D eigenvalue weighted by molar-refractivity contribution is 4.66. The molecule has 3 nitrogen and oxygen atoms in total. The van der Waals surface area contributed by atoms with E-state index < -0.39 is 0 Å². The monoisotopic (exact) mass is 213 g/mol. The predicted molar refractivity (Wildman–Crippen MR) is 62.1 cm³/mol. The molecular weight excluding hydrogens is 190 g/mol. The molecule has 1 heterocycles. The molecule has 0 radical (unpaired) electrons. The van der Waals surface area contributed by atoms with Crippen LogP contribution in [0.3, 0.4) is 0 Å². The van der Waals surface area contributed by atoms with Gasteiger partial charge >= 0.3 is 0 Å². The Kier molecular flexibility index (Phi) is 7.52. The summed E-state index contributed by atoms with van der Waals surface area (Å²) in [5.74, 6) is 0. The van der Waals surface area contributed by atoms with Crippen molar-refractivity contribution in [1.82, 2.24) is 5.32 Å². The summed E-state index contributed by atoms with van der Waals surface area (Å²) in [5, 5.41) is 3.36. The van der Waals surface area contributed by atoms with Crippen LogP contribution in [-0.4, -0.2) is 39.0 Å². The topological polar surface area (TPSA) is 30.5 Å². The van der Waals surface area contributed by atoms with Crippen molar-refractivity contribution < 1.29 is 9.47 Å². The van der Waals surface area contributed by atoms with Gasteiger partial charge in [0.05, 0.1) is 19.3 Å². The summed E-state index contributed by atoms with van der Waals surface area (Å²) in [6.45, 7) is 8.15. The van der Waals surface area contributed by atoms with E-state index in [4.69, 9.17) is 9.47 Å². The zero-order valence-electron chi connectivity index (χ0n) is 9.54. The molecule has 88 valence electrons. The Balaban J connectivity index is 1.74. The van der Waals surface area contributed by atoms with Crippen molar-refractivity contribution in [3.05, 3.63) is 12.7 Å². The molecule has 0 bridgehead atoms.